The van der Waals surface area contributed by atoms with Crippen LogP contribution in [-0.4, -0.2) is 33.1 Å². The molecule has 0 unspecified atom stereocenters. The molecular formula is C21H25N3O2S2. The van der Waals surface area contributed by atoms with E-state index < -0.39 is 0 Å². The summed E-state index contributed by atoms with van der Waals surface area (Å²) in [5.41, 5.74) is 1.73. The molecule has 0 aliphatic heterocycles. The number of hydrogen-bond donors (Lipinski definition) is 0. The molecule has 0 atom stereocenters. The lowest BCUT2D eigenvalue weighted by atomic mass is 10.1. The topological polar surface area (TPSA) is 59.2 Å². The van der Waals surface area contributed by atoms with Gasteiger partial charge in [-0.3, -0.25) is 4.79 Å². The summed E-state index contributed by atoms with van der Waals surface area (Å²) in [4.78, 5) is 15.6. The molecule has 2 heterocycles. The van der Waals surface area contributed by atoms with Gasteiger partial charge in [0.15, 0.2) is 10.1 Å². The number of benzene rings is 1. The number of aromatic nitrogens is 2. The van der Waals surface area contributed by atoms with Crippen molar-refractivity contribution in [1.82, 2.24) is 15.1 Å². The van der Waals surface area contributed by atoms with Gasteiger partial charge in [-0.1, -0.05) is 54.1 Å². The lowest BCUT2D eigenvalue weighted by Gasteiger charge is -2.32. The molecule has 28 heavy (non-hydrogen) atoms. The number of para-hydroxylation sites is 1. The van der Waals surface area contributed by atoms with E-state index in [2.05, 4.69) is 24.0 Å². The molecule has 1 amide bonds. The number of amides is 1. The molecule has 4 rings (SSSR count). The summed E-state index contributed by atoms with van der Waals surface area (Å²) in [5, 5.41) is 10.2. The first-order valence-electron chi connectivity index (χ1n) is 9.80. The van der Waals surface area contributed by atoms with Crippen molar-refractivity contribution >= 4 is 40.0 Å². The summed E-state index contributed by atoms with van der Waals surface area (Å²) in [7, 11) is 0. The zero-order chi connectivity index (χ0) is 19.7. The highest BCUT2D eigenvalue weighted by Crippen LogP contribution is 2.35. The van der Waals surface area contributed by atoms with Gasteiger partial charge in [0.2, 0.25) is 0 Å². The largest absolute Gasteiger partial charge is 0.451 e. The molecule has 3 aromatic rings. The Labute approximate surface area is 173 Å². The summed E-state index contributed by atoms with van der Waals surface area (Å²) >= 11 is 3.19. The van der Waals surface area contributed by atoms with Crippen LogP contribution >= 0.6 is 23.1 Å². The normalized spacial score (nSPS) is 15.0. The molecule has 1 saturated carbocycles. The van der Waals surface area contributed by atoms with E-state index in [0.717, 1.165) is 38.7 Å². The van der Waals surface area contributed by atoms with Gasteiger partial charge in [0.25, 0.3) is 5.91 Å². The van der Waals surface area contributed by atoms with E-state index in [0.29, 0.717) is 17.6 Å². The van der Waals surface area contributed by atoms with Gasteiger partial charge in [0.1, 0.15) is 10.6 Å². The van der Waals surface area contributed by atoms with Crippen LogP contribution in [0.25, 0.3) is 11.0 Å². The number of aryl methyl sites for hydroxylation is 1. The minimum atomic E-state index is 0.0159. The first-order chi connectivity index (χ1) is 13.5. The summed E-state index contributed by atoms with van der Waals surface area (Å²) in [6.45, 7) is 6.14. The third-order valence-electron chi connectivity index (χ3n) is 5.25. The molecule has 0 spiro atoms. The fourth-order valence-corrected chi connectivity index (χ4v) is 5.85. The Morgan fingerprint density at radius 1 is 1.29 bits per heavy atom. The van der Waals surface area contributed by atoms with Crippen LogP contribution in [0.2, 0.25) is 0 Å². The molecule has 2 aromatic heterocycles. The van der Waals surface area contributed by atoms with E-state index >= 15 is 0 Å². The highest BCUT2D eigenvalue weighted by Gasteiger charge is 2.33. The fraction of sp³-hybridized carbons (Fsp3) is 0.476. The number of hydrogen-bond acceptors (Lipinski definition) is 6. The lowest BCUT2D eigenvalue weighted by molar-refractivity contribution is 0.0581. The van der Waals surface area contributed by atoms with E-state index in [9.17, 15) is 4.79 Å². The first kappa shape index (κ1) is 19.5. The zero-order valence-electron chi connectivity index (χ0n) is 16.5. The lowest BCUT2D eigenvalue weighted by Crippen LogP contribution is -2.43. The monoisotopic (exact) mass is 415 g/mol. The van der Waals surface area contributed by atoms with Gasteiger partial charge in [-0.05, 0) is 39.7 Å². The smallest absolute Gasteiger partial charge is 0.290 e. The molecule has 1 aliphatic carbocycles. The summed E-state index contributed by atoms with van der Waals surface area (Å²) < 4.78 is 7.02. The van der Waals surface area contributed by atoms with Crippen LogP contribution in [-0.2, 0) is 5.75 Å². The van der Waals surface area contributed by atoms with Gasteiger partial charge in [-0.2, -0.15) is 0 Å². The van der Waals surface area contributed by atoms with Gasteiger partial charge in [-0.25, -0.2) is 0 Å². The first-order valence-corrected chi connectivity index (χ1v) is 11.6. The summed E-state index contributed by atoms with van der Waals surface area (Å²) in [5.74, 6) is 1.14. The van der Waals surface area contributed by atoms with Crippen molar-refractivity contribution in [3.05, 3.63) is 40.6 Å². The number of carbonyl (C=O) groups excluding carboxylic acids is 1. The van der Waals surface area contributed by atoms with Crippen LogP contribution in [0, 0.1) is 6.92 Å². The highest BCUT2D eigenvalue weighted by molar-refractivity contribution is 8.00. The molecular weight excluding hydrogens is 390 g/mol. The molecule has 1 aromatic carbocycles. The van der Waals surface area contributed by atoms with Crippen molar-refractivity contribution in [2.24, 2.45) is 0 Å². The van der Waals surface area contributed by atoms with E-state index in [4.69, 9.17) is 4.42 Å². The third kappa shape index (κ3) is 3.82. The second-order valence-corrected chi connectivity index (χ2v) is 9.93. The average molecular weight is 416 g/mol. The maximum Gasteiger partial charge on any atom is 0.290 e. The standard InChI is InChI=1S/C21H25N3O2S2/c1-13(2)24(15-8-4-5-9-15)20(25)19-17(12-27-21-23-22-14(3)28-21)16-10-6-7-11-18(16)26-19/h6-7,10-11,13,15H,4-5,8-9,12H2,1-3H3. The van der Waals surface area contributed by atoms with Crippen molar-refractivity contribution in [1.29, 1.82) is 0 Å². The quantitative estimate of drug-likeness (QED) is 0.485. The van der Waals surface area contributed by atoms with Crippen LogP contribution in [0.15, 0.2) is 33.0 Å². The summed E-state index contributed by atoms with van der Waals surface area (Å²) in [6.07, 6.45) is 4.55. The van der Waals surface area contributed by atoms with Crippen molar-refractivity contribution in [2.45, 2.75) is 68.6 Å². The highest BCUT2D eigenvalue weighted by atomic mass is 32.2. The minimum absolute atomic E-state index is 0.0159. The second kappa shape index (κ2) is 8.25. The van der Waals surface area contributed by atoms with Crippen molar-refractivity contribution < 1.29 is 9.21 Å². The van der Waals surface area contributed by atoms with E-state index in [1.165, 1.54) is 12.8 Å². The van der Waals surface area contributed by atoms with Crippen LogP contribution in [0.5, 0.6) is 0 Å². The molecule has 0 N–H and O–H groups in total. The third-order valence-corrected chi connectivity index (χ3v) is 7.25. The molecule has 7 heteroatoms. The van der Waals surface area contributed by atoms with Gasteiger partial charge < -0.3 is 9.32 Å². The Balaban J connectivity index is 1.69. The Kier molecular flexibility index (Phi) is 5.73. The van der Waals surface area contributed by atoms with Crippen LogP contribution in [0.3, 0.4) is 0 Å². The molecule has 0 bridgehead atoms. The second-order valence-electron chi connectivity index (χ2n) is 7.53. The van der Waals surface area contributed by atoms with Gasteiger partial charge in [0.05, 0.1) is 0 Å². The summed E-state index contributed by atoms with van der Waals surface area (Å²) in [6, 6.07) is 8.37. The Morgan fingerprint density at radius 2 is 2.04 bits per heavy atom. The molecule has 1 fully saturated rings. The van der Waals surface area contributed by atoms with Gasteiger partial charge >= 0.3 is 0 Å². The van der Waals surface area contributed by atoms with Crippen LogP contribution in [0.4, 0.5) is 0 Å². The molecule has 0 radical (unpaired) electrons. The van der Waals surface area contributed by atoms with Gasteiger partial charge in [-0.15, -0.1) is 10.2 Å². The number of fused-ring (bicyclic) bond motifs is 1. The Morgan fingerprint density at radius 3 is 2.71 bits per heavy atom. The molecule has 5 nitrogen and oxygen atoms in total. The number of furan rings is 1. The number of nitrogens with zero attached hydrogens (tertiary/aromatic N) is 3. The van der Waals surface area contributed by atoms with Crippen molar-refractivity contribution in [3.63, 3.8) is 0 Å². The van der Waals surface area contributed by atoms with Crippen molar-refractivity contribution in [2.75, 3.05) is 0 Å². The minimum Gasteiger partial charge on any atom is -0.451 e. The fourth-order valence-electron chi connectivity index (χ4n) is 4.01. The molecule has 1 aliphatic rings. The molecule has 148 valence electrons. The Bertz CT molecular complexity index is 973. The van der Waals surface area contributed by atoms with E-state index in [-0.39, 0.29) is 11.9 Å². The Hall–Kier alpha value is -1.86. The average Bonchev–Trinajstić information content (AvgIpc) is 3.40. The predicted molar refractivity (Wildman–Crippen MR) is 114 cm³/mol. The number of carbonyl (C=O) groups is 1. The maximum atomic E-state index is 13.6. The van der Waals surface area contributed by atoms with E-state index in [1.54, 1.807) is 23.1 Å². The maximum absolute atomic E-state index is 13.6. The van der Waals surface area contributed by atoms with Crippen LogP contribution in [0.1, 0.15) is 60.7 Å². The van der Waals surface area contributed by atoms with Crippen LogP contribution < -0.4 is 0 Å². The molecule has 0 saturated heterocycles. The predicted octanol–water partition coefficient (Wildman–Crippen LogP) is 5.68. The number of thioether (sulfide) groups is 1. The SMILES string of the molecule is Cc1nnc(SCc2c(C(=O)N(C(C)C)C3CCCC3)oc3ccccc23)s1. The number of rotatable bonds is 6. The zero-order valence-corrected chi connectivity index (χ0v) is 18.1. The van der Waals surface area contributed by atoms with E-state index in [1.807, 2.05) is 36.1 Å². The van der Waals surface area contributed by atoms with Gasteiger partial charge in [0, 0.05) is 28.8 Å². The van der Waals surface area contributed by atoms with Crippen molar-refractivity contribution in [3.8, 4) is 0 Å².